The molecule has 0 fully saturated rings. The maximum Gasteiger partial charge on any atom is 0.508 e. The minimum absolute atomic E-state index is 0.0966. The molecule has 0 aliphatic rings. The van der Waals surface area contributed by atoms with Crippen molar-refractivity contribution < 1.29 is 19.0 Å². The Labute approximate surface area is 85.5 Å². The first-order valence-corrected chi connectivity index (χ1v) is 4.98. The highest BCUT2D eigenvalue weighted by Crippen LogP contribution is 2.05. The van der Waals surface area contributed by atoms with Gasteiger partial charge in [0.2, 0.25) is 0 Å². The summed E-state index contributed by atoms with van der Waals surface area (Å²) in [6, 6.07) is 0. The molecule has 0 heterocycles. The normalized spacial score (nSPS) is 14.6. The van der Waals surface area contributed by atoms with Crippen molar-refractivity contribution in [2.24, 2.45) is 0 Å². The Hall–Kier alpha value is -0.770. The van der Waals surface area contributed by atoms with Gasteiger partial charge < -0.3 is 14.2 Å². The topological polar surface area (TPSA) is 44.8 Å². The maximum atomic E-state index is 10.8. The lowest BCUT2D eigenvalue weighted by atomic mass is 10.2. The van der Waals surface area contributed by atoms with Gasteiger partial charge in [0.05, 0.1) is 13.2 Å². The summed E-state index contributed by atoms with van der Waals surface area (Å²) in [5, 5.41) is 0. The molecule has 0 spiro atoms. The summed E-state index contributed by atoms with van der Waals surface area (Å²) in [5.74, 6) is 0. The average molecular weight is 204 g/mol. The molecule has 0 bridgehead atoms. The molecule has 0 saturated heterocycles. The Bertz CT molecular complexity index is 158. The van der Waals surface area contributed by atoms with Gasteiger partial charge in [-0.15, -0.1) is 0 Å². The van der Waals surface area contributed by atoms with Crippen LogP contribution in [0.5, 0.6) is 0 Å². The highest BCUT2D eigenvalue weighted by molar-refractivity contribution is 5.59. The van der Waals surface area contributed by atoms with E-state index in [1.54, 1.807) is 6.92 Å². The van der Waals surface area contributed by atoms with Gasteiger partial charge in [-0.3, -0.25) is 0 Å². The van der Waals surface area contributed by atoms with Crippen LogP contribution in [0.3, 0.4) is 0 Å². The third kappa shape index (κ3) is 5.80. The molecule has 84 valence electrons. The lowest BCUT2D eigenvalue weighted by Gasteiger charge is -2.19. The number of carbonyl (C=O) groups is 1. The fourth-order valence-electron chi connectivity index (χ4n) is 0.845. The molecule has 4 heteroatoms. The molecule has 0 aromatic rings. The summed E-state index contributed by atoms with van der Waals surface area (Å²) in [5.41, 5.74) is 0. The monoisotopic (exact) mass is 204 g/mol. The van der Waals surface area contributed by atoms with Crippen LogP contribution in [-0.4, -0.2) is 32.1 Å². The first kappa shape index (κ1) is 13.2. The third-order valence-corrected chi connectivity index (χ3v) is 1.99. The smallest absolute Gasteiger partial charge is 0.438 e. The Morgan fingerprint density at radius 1 is 1.29 bits per heavy atom. The second-order valence-electron chi connectivity index (χ2n) is 3.21. The third-order valence-electron chi connectivity index (χ3n) is 1.99. The second kappa shape index (κ2) is 7.62. The van der Waals surface area contributed by atoms with E-state index in [0.717, 1.165) is 12.8 Å². The summed E-state index contributed by atoms with van der Waals surface area (Å²) in [4.78, 5) is 10.8. The van der Waals surface area contributed by atoms with Gasteiger partial charge in [0.25, 0.3) is 0 Å². The van der Waals surface area contributed by atoms with Crippen molar-refractivity contribution in [3.8, 4) is 0 Å². The molecule has 4 nitrogen and oxygen atoms in total. The van der Waals surface area contributed by atoms with Crippen molar-refractivity contribution in [1.29, 1.82) is 0 Å². The summed E-state index contributed by atoms with van der Waals surface area (Å²) < 4.78 is 14.7. The maximum absolute atomic E-state index is 10.8. The van der Waals surface area contributed by atoms with E-state index in [2.05, 4.69) is 11.7 Å². The van der Waals surface area contributed by atoms with E-state index in [9.17, 15) is 4.79 Å². The summed E-state index contributed by atoms with van der Waals surface area (Å²) in [6.07, 6.45) is 1.08. The number of ether oxygens (including phenoxy) is 3. The second-order valence-corrected chi connectivity index (χ2v) is 3.21. The number of carbonyl (C=O) groups excluding carboxylic acids is 1. The predicted molar refractivity (Wildman–Crippen MR) is 53.3 cm³/mol. The average Bonchev–Trinajstić information content (AvgIpc) is 2.17. The molecular weight excluding hydrogens is 184 g/mol. The van der Waals surface area contributed by atoms with Gasteiger partial charge in [-0.25, -0.2) is 4.79 Å². The summed E-state index contributed by atoms with van der Waals surface area (Å²) in [7, 11) is 1.29. The van der Waals surface area contributed by atoms with Crippen LogP contribution in [0.25, 0.3) is 0 Å². The van der Waals surface area contributed by atoms with E-state index in [-0.39, 0.29) is 12.2 Å². The van der Waals surface area contributed by atoms with Gasteiger partial charge in [0.15, 0.2) is 0 Å². The fourth-order valence-corrected chi connectivity index (χ4v) is 0.845. The largest absolute Gasteiger partial charge is 0.508 e. The van der Waals surface area contributed by atoms with Crippen molar-refractivity contribution in [1.82, 2.24) is 0 Å². The minimum atomic E-state index is -0.663. The number of methoxy groups -OCH3 is 1. The number of rotatable bonds is 6. The molecule has 0 N–H and O–H groups in total. The standard InChI is InChI=1S/C10H20O4/c1-5-6-7-13-8(2)9(3)14-10(11)12-4/h8-9H,5-7H2,1-4H3. The molecule has 0 aromatic carbocycles. The molecule has 0 radical (unpaired) electrons. The van der Waals surface area contributed by atoms with E-state index >= 15 is 0 Å². The number of unbranched alkanes of at least 4 members (excludes halogenated alkanes) is 1. The van der Waals surface area contributed by atoms with Crippen LogP contribution < -0.4 is 0 Å². The van der Waals surface area contributed by atoms with Gasteiger partial charge in [-0.05, 0) is 20.3 Å². The van der Waals surface area contributed by atoms with E-state index in [1.165, 1.54) is 7.11 Å². The molecule has 2 unspecified atom stereocenters. The summed E-state index contributed by atoms with van der Waals surface area (Å²) >= 11 is 0. The molecule has 0 aliphatic carbocycles. The Kier molecular flexibility index (Phi) is 7.20. The Morgan fingerprint density at radius 2 is 1.93 bits per heavy atom. The lowest BCUT2D eigenvalue weighted by molar-refractivity contribution is -0.0449. The van der Waals surface area contributed by atoms with Crippen LogP contribution in [0.2, 0.25) is 0 Å². The van der Waals surface area contributed by atoms with E-state index in [1.807, 2.05) is 6.92 Å². The first-order chi connectivity index (χ1) is 6.61. The molecule has 0 aliphatic heterocycles. The zero-order valence-corrected chi connectivity index (χ0v) is 9.41. The van der Waals surface area contributed by atoms with E-state index in [4.69, 9.17) is 9.47 Å². The zero-order chi connectivity index (χ0) is 11.0. The molecular formula is C10H20O4. The molecule has 0 rings (SSSR count). The number of hydrogen-bond donors (Lipinski definition) is 0. The predicted octanol–water partition coefficient (Wildman–Crippen LogP) is 2.36. The fraction of sp³-hybridized carbons (Fsp3) is 0.900. The van der Waals surface area contributed by atoms with Gasteiger partial charge >= 0.3 is 6.16 Å². The van der Waals surface area contributed by atoms with E-state index < -0.39 is 6.16 Å². The van der Waals surface area contributed by atoms with E-state index in [0.29, 0.717) is 6.61 Å². The summed E-state index contributed by atoms with van der Waals surface area (Å²) in [6.45, 7) is 6.46. The quantitative estimate of drug-likeness (QED) is 0.492. The Balaban J connectivity index is 3.64. The van der Waals surface area contributed by atoms with Gasteiger partial charge in [-0.2, -0.15) is 0 Å². The minimum Gasteiger partial charge on any atom is -0.438 e. The highest BCUT2D eigenvalue weighted by Gasteiger charge is 2.17. The van der Waals surface area contributed by atoms with Gasteiger partial charge in [0.1, 0.15) is 6.10 Å². The Morgan fingerprint density at radius 3 is 2.43 bits per heavy atom. The van der Waals surface area contributed by atoms with Crippen molar-refractivity contribution in [2.75, 3.05) is 13.7 Å². The molecule has 0 amide bonds. The van der Waals surface area contributed by atoms with Crippen LogP contribution in [0.1, 0.15) is 33.6 Å². The highest BCUT2D eigenvalue weighted by atomic mass is 16.7. The number of hydrogen-bond acceptors (Lipinski definition) is 4. The lowest BCUT2D eigenvalue weighted by Crippen LogP contribution is -2.29. The van der Waals surface area contributed by atoms with Crippen LogP contribution in [-0.2, 0) is 14.2 Å². The van der Waals surface area contributed by atoms with Crippen LogP contribution in [0.4, 0.5) is 4.79 Å². The van der Waals surface area contributed by atoms with Crippen LogP contribution in [0, 0.1) is 0 Å². The van der Waals surface area contributed by atoms with Crippen molar-refractivity contribution in [3.05, 3.63) is 0 Å². The van der Waals surface area contributed by atoms with Crippen molar-refractivity contribution in [2.45, 2.75) is 45.8 Å². The molecule has 14 heavy (non-hydrogen) atoms. The van der Waals surface area contributed by atoms with Crippen molar-refractivity contribution >= 4 is 6.16 Å². The SMILES string of the molecule is CCCCOC(C)C(C)OC(=O)OC. The van der Waals surface area contributed by atoms with Crippen LogP contribution in [0.15, 0.2) is 0 Å². The van der Waals surface area contributed by atoms with Crippen LogP contribution >= 0.6 is 0 Å². The first-order valence-electron chi connectivity index (χ1n) is 4.98. The molecule has 0 saturated carbocycles. The zero-order valence-electron chi connectivity index (χ0n) is 9.41. The van der Waals surface area contributed by atoms with Gasteiger partial charge in [-0.1, -0.05) is 13.3 Å². The van der Waals surface area contributed by atoms with Crippen molar-refractivity contribution in [3.63, 3.8) is 0 Å². The molecule has 2 atom stereocenters. The molecule has 0 aromatic heterocycles. The van der Waals surface area contributed by atoms with Gasteiger partial charge in [0, 0.05) is 6.61 Å².